The molecule has 0 radical (unpaired) electrons. The smallest absolute Gasteiger partial charge is 0.222 e. The fourth-order valence-corrected chi connectivity index (χ4v) is 3.77. The molecule has 1 amide bonds. The molecule has 1 aromatic heterocycles. The van der Waals surface area contributed by atoms with Gasteiger partial charge in [-0.05, 0) is 38.2 Å². The number of carbonyl (C=O) groups is 1. The Balaban J connectivity index is 0.00000450. The van der Waals surface area contributed by atoms with E-state index >= 15 is 0 Å². The van der Waals surface area contributed by atoms with E-state index in [1.165, 1.54) is 12.8 Å². The number of aliphatic imine (C=N–C) groups is 1. The molecular formula is C22H39IN6O. The minimum Gasteiger partial charge on any atom is -0.369 e. The van der Waals surface area contributed by atoms with Crippen molar-refractivity contribution in [1.29, 1.82) is 0 Å². The first-order valence-electron chi connectivity index (χ1n) is 10.9. The summed E-state index contributed by atoms with van der Waals surface area (Å²) < 4.78 is 0. The third-order valence-corrected chi connectivity index (χ3v) is 5.46. The highest BCUT2D eigenvalue weighted by Crippen LogP contribution is 2.24. The molecule has 2 unspecified atom stereocenters. The molecule has 0 spiro atoms. The number of nitrogens with zero attached hydrogens (tertiary/aromatic N) is 3. The first kappa shape index (κ1) is 26.5. The molecule has 0 aliphatic carbocycles. The molecule has 0 saturated carbocycles. The summed E-state index contributed by atoms with van der Waals surface area (Å²) in [4.78, 5) is 22.8. The number of piperidine rings is 1. The summed E-state index contributed by atoms with van der Waals surface area (Å²) in [6.07, 6.45) is 7.20. The van der Waals surface area contributed by atoms with Crippen molar-refractivity contribution in [3.63, 3.8) is 0 Å². The highest BCUT2D eigenvalue weighted by atomic mass is 127. The predicted molar refractivity (Wildman–Crippen MR) is 135 cm³/mol. The number of nitrogens with one attached hydrogen (secondary N) is 2. The summed E-state index contributed by atoms with van der Waals surface area (Å²) in [6.45, 7) is 8.88. The molecule has 1 aliphatic heterocycles. The minimum atomic E-state index is -0.221. The van der Waals surface area contributed by atoms with Gasteiger partial charge in [-0.15, -0.1) is 24.0 Å². The Morgan fingerprint density at radius 1 is 1.37 bits per heavy atom. The number of nitrogens with two attached hydrogens (primary N) is 1. The summed E-state index contributed by atoms with van der Waals surface area (Å²) in [5, 5.41) is 6.89. The molecule has 2 atom stereocenters. The zero-order valence-electron chi connectivity index (χ0n) is 18.9. The van der Waals surface area contributed by atoms with Gasteiger partial charge in [0.05, 0.1) is 5.92 Å². The number of rotatable bonds is 9. The quantitative estimate of drug-likeness (QED) is 0.259. The number of amides is 1. The lowest BCUT2D eigenvalue weighted by atomic mass is 9.97. The van der Waals surface area contributed by atoms with Crippen molar-refractivity contribution < 1.29 is 4.79 Å². The van der Waals surface area contributed by atoms with Gasteiger partial charge in [0.2, 0.25) is 5.91 Å². The van der Waals surface area contributed by atoms with Crippen molar-refractivity contribution >= 4 is 41.7 Å². The van der Waals surface area contributed by atoms with E-state index in [0.717, 1.165) is 49.1 Å². The minimum absolute atomic E-state index is 0. The number of anilines is 1. The van der Waals surface area contributed by atoms with Gasteiger partial charge in [-0.2, -0.15) is 0 Å². The van der Waals surface area contributed by atoms with Gasteiger partial charge < -0.3 is 21.3 Å². The number of hydrogen-bond acceptors (Lipinski definition) is 4. The first-order valence-corrected chi connectivity index (χ1v) is 10.9. The van der Waals surface area contributed by atoms with Crippen LogP contribution in [0.3, 0.4) is 0 Å². The molecule has 170 valence electrons. The average molecular weight is 530 g/mol. The van der Waals surface area contributed by atoms with E-state index < -0.39 is 0 Å². The van der Waals surface area contributed by atoms with Crippen molar-refractivity contribution in [3.8, 4) is 0 Å². The van der Waals surface area contributed by atoms with Gasteiger partial charge in [0.15, 0.2) is 5.96 Å². The van der Waals surface area contributed by atoms with Gasteiger partial charge in [-0.3, -0.25) is 9.79 Å². The van der Waals surface area contributed by atoms with Crippen LogP contribution in [0.5, 0.6) is 0 Å². The summed E-state index contributed by atoms with van der Waals surface area (Å²) in [6, 6.07) is 4.38. The summed E-state index contributed by atoms with van der Waals surface area (Å²) in [5.41, 5.74) is 6.63. The SMILES string of the molecule is CN=C(NCc1cccnc1N1CCCC(C(N)=O)C1)NC(C)CCCC(C)C.I. The molecular weight excluding hydrogens is 491 g/mol. The molecule has 1 aromatic rings. The summed E-state index contributed by atoms with van der Waals surface area (Å²) in [7, 11) is 1.79. The largest absolute Gasteiger partial charge is 0.369 e. The second-order valence-electron chi connectivity index (χ2n) is 8.47. The second kappa shape index (κ2) is 13.7. The van der Waals surface area contributed by atoms with Crippen molar-refractivity contribution in [1.82, 2.24) is 15.6 Å². The van der Waals surface area contributed by atoms with E-state index in [4.69, 9.17) is 5.73 Å². The van der Waals surface area contributed by atoms with Crippen LogP contribution in [-0.4, -0.2) is 43.0 Å². The third kappa shape index (κ3) is 8.65. The molecule has 1 fully saturated rings. The number of carbonyl (C=O) groups excluding carboxylic acids is 1. The van der Waals surface area contributed by atoms with Crippen molar-refractivity contribution in [2.24, 2.45) is 22.6 Å². The highest BCUT2D eigenvalue weighted by molar-refractivity contribution is 14.0. The Kier molecular flexibility index (Phi) is 12.1. The average Bonchev–Trinajstić information content (AvgIpc) is 2.71. The maximum atomic E-state index is 11.6. The van der Waals surface area contributed by atoms with Crippen LogP contribution in [0.15, 0.2) is 23.3 Å². The van der Waals surface area contributed by atoms with Crippen molar-refractivity contribution in [2.75, 3.05) is 25.0 Å². The molecule has 2 heterocycles. The van der Waals surface area contributed by atoms with Crippen molar-refractivity contribution in [2.45, 2.75) is 65.5 Å². The number of aromatic nitrogens is 1. The van der Waals surface area contributed by atoms with E-state index in [2.05, 4.69) is 52.3 Å². The van der Waals surface area contributed by atoms with E-state index in [0.29, 0.717) is 19.1 Å². The topological polar surface area (TPSA) is 95.6 Å². The fourth-order valence-electron chi connectivity index (χ4n) is 3.77. The number of primary amides is 1. The molecule has 1 saturated heterocycles. The van der Waals surface area contributed by atoms with Crippen LogP contribution in [0.2, 0.25) is 0 Å². The zero-order valence-corrected chi connectivity index (χ0v) is 21.2. The van der Waals surface area contributed by atoms with E-state index in [1.807, 2.05) is 6.07 Å². The Morgan fingerprint density at radius 3 is 2.80 bits per heavy atom. The molecule has 8 heteroatoms. The lowest BCUT2D eigenvalue weighted by Gasteiger charge is -2.33. The maximum absolute atomic E-state index is 11.6. The second-order valence-corrected chi connectivity index (χ2v) is 8.47. The third-order valence-electron chi connectivity index (χ3n) is 5.46. The standard InChI is InChI=1S/C22H38N6O.HI/c1-16(2)8-5-9-17(3)27-22(24-4)26-14-18-10-6-12-25-21(18)28-13-7-11-19(15-28)20(23)29;/h6,10,12,16-17,19H,5,7-9,11,13-15H2,1-4H3,(H2,23,29)(H2,24,26,27);1H. The zero-order chi connectivity index (χ0) is 21.2. The predicted octanol–water partition coefficient (Wildman–Crippen LogP) is 3.28. The lowest BCUT2D eigenvalue weighted by molar-refractivity contribution is -0.122. The van der Waals surface area contributed by atoms with Crippen LogP contribution < -0.4 is 21.3 Å². The van der Waals surface area contributed by atoms with Crippen LogP contribution in [0, 0.1) is 11.8 Å². The van der Waals surface area contributed by atoms with E-state index in [1.54, 1.807) is 13.2 Å². The van der Waals surface area contributed by atoms with Crippen LogP contribution in [0.1, 0.15) is 58.4 Å². The van der Waals surface area contributed by atoms with Crippen LogP contribution in [0.4, 0.5) is 5.82 Å². The maximum Gasteiger partial charge on any atom is 0.222 e. The first-order chi connectivity index (χ1) is 13.9. The van der Waals surface area contributed by atoms with E-state index in [9.17, 15) is 4.79 Å². The van der Waals surface area contributed by atoms with Crippen molar-refractivity contribution in [3.05, 3.63) is 23.9 Å². The molecule has 2 rings (SSSR count). The van der Waals surface area contributed by atoms with Gasteiger partial charge in [0, 0.05) is 44.5 Å². The molecule has 1 aliphatic rings. The van der Waals surface area contributed by atoms with Gasteiger partial charge in [-0.1, -0.05) is 32.8 Å². The molecule has 0 bridgehead atoms. The number of halogens is 1. The van der Waals surface area contributed by atoms with E-state index in [-0.39, 0.29) is 35.8 Å². The monoisotopic (exact) mass is 530 g/mol. The van der Waals surface area contributed by atoms with Gasteiger partial charge in [0.25, 0.3) is 0 Å². The molecule has 7 nitrogen and oxygen atoms in total. The Bertz CT molecular complexity index is 681. The molecule has 4 N–H and O–H groups in total. The Labute approximate surface area is 198 Å². The molecule has 30 heavy (non-hydrogen) atoms. The Morgan fingerprint density at radius 2 is 2.13 bits per heavy atom. The van der Waals surface area contributed by atoms with Gasteiger partial charge in [-0.25, -0.2) is 4.98 Å². The fraction of sp³-hybridized carbons (Fsp3) is 0.682. The molecule has 0 aromatic carbocycles. The number of hydrogen-bond donors (Lipinski definition) is 3. The Hall–Kier alpha value is -1.58. The van der Waals surface area contributed by atoms with Crippen LogP contribution in [0.25, 0.3) is 0 Å². The summed E-state index contributed by atoms with van der Waals surface area (Å²) in [5.74, 6) is 2.14. The van der Waals surface area contributed by atoms with Gasteiger partial charge in [0.1, 0.15) is 5.82 Å². The number of pyridine rings is 1. The highest BCUT2D eigenvalue weighted by Gasteiger charge is 2.26. The van der Waals surface area contributed by atoms with Gasteiger partial charge >= 0.3 is 0 Å². The normalized spacial score (nSPS) is 18.0. The van der Waals surface area contributed by atoms with Crippen LogP contribution in [-0.2, 0) is 11.3 Å². The summed E-state index contributed by atoms with van der Waals surface area (Å²) >= 11 is 0. The number of guanidine groups is 1. The lowest BCUT2D eigenvalue weighted by Crippen LogP contribution is -2.43. The van der Waals surface area contributed by atoms with Crippen LogP contribution >= 0.6 is 24.0 Å².